The van der Waals surface area contributed by atoms with E-state index in [0.29, 0.717) is 17.1 Å². The van der Waals surface area contributed by atoms with E-state index in [2.05, 4.69) is 10.6 Å². The number of benzene rings is 2. The van der Waals surface area contributed by atoms with Gasteiger partial charge < -0.3 is 20.1 Å². The highest BCUT2D eigenvalue weighted by Gasteiger charge is 2.12. The van der Waals surface area contributed by atoms with Crippen molar-refractivity contribution in [2.45, 2.75) is 13.5 Å². The van der Waals surface area contributed by atoms with Crippen molar-refractivity contribution in [1.29, 1.82) is 0 Å². The van der Waals surface area contributed by atoms with Crippen LogP contribution in [0.1, 0.15) is 21.5 Å². The third kappa shape index (κ3) is 4.73. The molecule has 6 heteroatoms. The standard InChI is InChI=1S/C19H22N2O4/c1-13-7-4-5-9-15(13)19(23)21-12-17(22)20-11-14-8-6-10-16(24-2)18(14)25-3/h4-10H,11-12H2,1-3H3,(H,20,22)(H,21,23). The topological polar surface area (TPSA) is 76.7 Å². The minimum atomic E-state index is -0.285. The van der Waals surface area contributed by atoms with Crippen molar-refractivity contribution in [1.82, 2.24) is 10.6 Å². The van der Waals surface area contributed by atoms with Gasteiger partial charge in [-0.15, -0.1) is 0 Å². The average Bonchev–Trinajstić information content (AvgIpc) is 2.64. The number of methoxy groups -OCH3 is 2. The number of aryl methyl sites for hydroxylation is 1. The SMILES string of the molecule is COc1cccc(CNC(=O)CNC(=O)c2ccccc2C)c1OC. The van der Waals surface area contributed by atoms with E-state index in [1.807, 2.05) is 31.2 Å². The zero-order chi connectivity index (χ0) is 18.2. The summed E-state index contributed by atoms with van der Waals surface area (Å²) in [6.45, 7) is 2.03. The Morgan fingerprint density at radius 3 is 2.40 bits per heavy atom. The van der Waals surface area contributed by atoms with Gasteiger partial charge in [-0.25, -0.2) is 0 Å². The fourth-order valence-corrected chi connectivity index (χ4v) is 2.43. The van der Waals surface area contributed by atoms with E-state index < -0.39 is 0 Å². The molecule has 0 saturated heterocycles. The maximum absolute atomic E-state index is 12.1. The van der Waals surface area contributed by atoms with Crippen LogP contribution in [0.15, 0.2) is 42.5 Å². The molecule has 0 aliphatic heterocycles. The van der Waals surface area contributed by atoms with Gasteiger partial charge in [-0.1, -0.05) is 30.3 Å². The molecule has 0 aliphatic carbocycles. The zero-order valence-electron chi connectivity index (χ0n) is 14.6. The van der Waals surface area contributed by atoms with Gasteiger partial charge in [0, 0.05) is 17.7 Å². The van der Waals surface area contributed by atoms with Gasteiger partial charge in [0.05, 0.1) is 20.8 Å². The van der Waals surface area contributed by atoms with Crippen molar-refractivity contribution in [2.75, 3.05) is 20.8 Å². The third-order valence-corrected chi connectivity index (χ3v) is 3.76. The fraction of sp³-hybridized carbons (Fsp3) is 0.263. The second-order valence-corrected chi connectivity index (χ2v) is 5.43. The monoisotopic (exact) mass is 342 g/mol. The molecular formula is C19H22N2O4. The van der Waals surface area contributed by atoms with Gasteiger partial charge in [-0.05, 0) is 24.6 Å². The quantitative estimate of drug-likeness (QED) is 0.807. The lowest BCUT2D eigenvalue weighted by atomic mass is 10.1. The van der Waals surface area contributed by atoms with Crippen molar-refractivity contribution in [3.63, 3.8) is 0 Å². The van der Waals surface area contributed by atoms with Gasteiger partial charge in [0.1, 0.15) is 0 Å². The van der Waals surface area contributed by atoms with E-state index in [9.17, 15) is 9.59 Å². The van der Waals surface area contributed by atoms with Crippen molar-refractivity contribution in [3.05, 3.63) is 59.2 Å². The predicted octanol–water partition coefficient (Wildman–Crippen LogP) is 2.06. The second kappa shape index (κ2) is 8.73. The molecule has 0 saturated carbocycles. The normalized spacial score (nSPS) is 10.0. The van der Waals surface area contributed by atoms with Crippen LogP contribution in [0.5, 0.6) is 11.5 Å². The van der Waals surface area contributed by atoms with Crippen LogP contribution in [-0.4, -0.2) is 32.6 Å². The fourth-order valence-electron chi connectivity index (χ4n) is 2.43. The van der Waals surface area contributed by atoms with E-state index in [0.717, 1.165) is 11.1 Å². The summed E-state index contributed by atoms with van der Waals surface area (Å²) in [5.74, 6) is 0.621. The Labute approximate surface area is 147 Å². The predicted molar refractivity (Wildman–Crippen MR) is 94.9 cm³/mol. The van der Waals surface area contributed by atoms with Crippen molar-refractivity contribution in [3.8, 4) is 11.5 Å². The summed E-state index contributed by atoms with van der Waals surface area (Å²) in [5, 5.41) is 5.38. The number of hydrogen-bond donors (Lipinski definition) is 2. The van der Waals surface area contributed by atoms with Crippen molar-refractivity contribution in [2.24, 2.45) is 0 Å². The molecule has 2 N–H and O–H groups in total. The summed E-state index contributed by atoms with van der Waals surface area (Å²) in [6.07, 6.45) is 0. The molecular weight excluding hydrogens is 320 g/mol. The van der Waals surface area contributed by atoms with Crippen LogP contribution in [-0.2, 0) is 11.3 Å². The number of carbonyl (C=O) groups is 2. The van der Waals surface area contributed by atoms with Gasteiger partial charge in [0.15, 0.2) is 11.5 Å². The van der Waals surface area contributed by atoms with E-state index in [1.54, 1.807) is 32.4 Å². The molecule has 2 aromatic rings. The number of ether oxygens (including phenoxy) is 2. The number of nitrogens with one attached hydrogen (secondary N) is 2. The van der Waals surface area contributed by atoms with E-state index in [1.165, 1.54) is 0 Å². The Hall–Kier alpha value is -3.02. The van der Waals surface area contributed by atoms with Gasteiger partial charge >= 0.3 is 0 Å². The Morgan fingerprint density at radius 2 is 1.72 bits per heavy atom. The Bertz CT molecular complexity index is 759. The molecule has 25 heavy (non-hydrogen) atoms. The van der Waals surface area contributed by atoms with E-state index >= 15 is 0 Å². The highest BCUT2D eigenvalue weighted by molar-refractivity contribution is 5.97. The molecule has 132 valence electrons. The maximum atomic E-state index is 12.1. The number of amides is 2. The number of hydrogen-bond acceptors (Lipinski definition) is 4. The average molecular weight is 342 g/mol. The molecule has 6 nitrogen and oxygen atoms in total. The lowest BCUT2D eigenvalue weighted by Gasteiger charge is -2.13. The number of para-hydroxylation sites is 1. The first-order valence-corrected chi connectivity index (χ1v) is 7.87. The van der Waals surface area contributed by atoms with Crippen molar-refractivity contribution < 1.29 is 19.1 Å². The first-order valence-electron chi connectivity index (χ1n) is 7.87. The summed E-state index contributed by atoms with van der Waals surface area (Å²) < 4.78 is 10.6. The van der Waals surface area contributed by atoms with E-state index in [-0.39, 0.29) is 24.9 Å². The summed E-state index contributed by atoms with van der Waals surface area (Å²) in [5.41, 5.74) is 2.21. The summed E-state index contributed by atoms with van der Waals surface area (Å²) >= 11 is 0. The lowest BCUT2D eigenvalue weighted by molar-refractivity contribution is -0.120. The van der Waals surface area contributed by atoms with Crippen LogP contribution in [0.25, 0.3) is 0 Å². The molecule has 0 bridgehead atoms. The van der Waals surface area contributed by atoms with Crippen LogP contribution in [0.3, 0.4) is 0 Å². The summed E-state index contributed by atoms with van der Waals surface area (Å²) in [6, 6.07) is 12.7. The minimum absolute atomic E-state index is 0.0978. The van der Waals surface area contributed by atoms with Gasteiger partial charge in [0.2, 0.25) is 5.91 Å². The molecule has 2 aromatic carbocycles. The molecule has 2 amide bonds. The summed E-state index contributed by atoms with van der Waals surface area (Å²) in [7, 11) is 3.10. The molecule has 0 fully saturated rings. The van der Waals surface area contributed by atoms with Crippen molar-refractivity contribution >= 4 is 11.8 Å². The van der Waals surface area contributed by atoms with Crippen LogP contribution in [0.4, 0.5) is 0 Å². The third-order valence-electron chi connectivity index (χ3n) is 3.76. The Morgan fingerprint density at radius 1 is 0.960 bits per heavy atom. The molecule has 2 rings (SSSR count). The molecule has 0 heterocycles. The van der Waals surface area contributed by atoms with Crippen LogP contribution < -0.4 is 20.1 Å². The van der Waals surface area contributed by atoms with Crippen LogP contribution >= 0.6 is 0 Å². The minimum Gasteiger partial charge on any atom is -0.493 e. The molecule has 0 spiro atoms. The smallest absolute Gasteiger partial charge is 0.251 e. The number of carbonyl (C=O) groups excluding carboxylic acids is 2. The highest BCUT2D eigenvalue weighted by atomic mass is 16.5. The summed E-state index contributed by atoms with van der Waals surface area (Å²) in [4.78, 5) is 24.1. The van der Waals surface area contributed by atoms with Gasteiger partial charge in [-0.2, -0.15) is 0 Å². The van der Waals surface area contributed by atoms with Gasteiger partial charge in [-0.3, -0.25) is 9.59 Å². The first kappa shape index (κ1) is 18.3. The molecule has 0 aromatic heterocycles. The Kier molecular flexibility index (Phi) is 6.39. The maximum Gasteiger partial charge on any atom is 0.251 e. The van der Waals surface area contributed by atoms with E-state index in [4.69, 9.17) is 9.47 Å². The van der Waals surface area contributed by atoms with Crippen LogP contribution in [0, 0.1) is 6.92 Å². The Balaban J connectivity index is 1.89. The number of rotatable bonds is 7. The lowest BCUT2D eigenvalue weighted by Crippen LogP contribution is -2.36. The van der Waals surface area contributed by atoms with Gasteiger partial charge in [0.25, 0.3) is 5.91 Å². The molecule has 0 radical (unpaired) electrons. The van der Waals surface area contributed by atoms with Crippen LogP contribution in [0.2, 0.25) is 0 Å². The molecule has 0 atom stereocenters. The molecule has 0 unspecified atom stereocenters. The largest absolute Gasteiger partial charge is 0.493 e. The molecule has 0 aliphatic rings. The highest BCUT2D eigenvalue weighted by Crippen LogP contribution is 2.30. The zero-order valence-corrected chi connectivity index (χ0v) is 14.6. The first-order chi connectivity index (χ1) is 12.1. The second-order valence-electron chi connectivity index (χ2n) is 5.43.